The molecule has 1 aromatic heterocycles. The molecule has 30 heavy (non-hydrogen) atoms. The average molecular weight is 449 g/mol. The number of hydrogen-bond donors (Lipinski definition) is 0. The lowest BCUT2D eigenvalue weighted by molar-refractivity contribution is 0.174. The lowest BCUT2D eigenvalue weighted by Crippen LogP contribution is -2.48. The second-order valence-corrected chi connectivity index (χ2v) is 9.45. The third-order valence-electron chi connectivity index (χ3n) is 5.14. The van der Waals surface area contributed by atoms with Crippen molar-refractivity contribution in [2.24, 2.45) is 0 Å². The third-order valence-corrected chi connectivity index (χ3v) is 7.62. The first-order valence-corrected chi connectivity index (χ1v) is 12.0. The number of rotatable bonds is 8. The number of nitrogens with zero attached hydrogens (tertiary/aromatic N) is 4. The molecular formula is C20H24N4O4S2. The molecule has 0 spiro atoms. The van der Waals surface area contributed by atoms with E-state index < -0.39 is 10.0 Å². The van der Waals surface area contributed by atoms with Crippen LogP contribution in [0.2, 0.25) is 0 Å². The normalized spacial score (nSPS) is 16.0. The molecule has 2 aromatic carbocycles. The number of piperazine rings is 1. The Bertz CT molecular complexity index is 1080. The van der Waals surface area contributed by atoms with Crippen LogP contribution in [0.15, 0.2) is 47.4 Å². The fourth-order valence-electron chi connectivity index (χ4n) is 3.47. The zero-order valence-corrected chi connectivity index (χ0v) is 18.4. The Morgan fingerprint density at radius 3 is 2.47 bits per heavy atom. The smallest absolute Gasteiger partial charge is 0.245 e. The number of aromatic nitrogens is 2. The second-order valence-electron chi connectivity index (χ2n) is 7.01. The highest BCUT2D eigenvalue weighted by Gasteiger charge is 2.30. The van der Waals surface area contributed by atoms with Crippen LogP contribution in [-0.2, 0) is 10.0 Å². The average Bonchev–Trinajstić information content (AvgIpc) is 3.26. The maximum atomic E-state index is 13.1. The Kier molecular flexibility index (Phi) is 6.47. The molecule has 0 N–H and O–H groups in total. The number of hydrogen-bond acceptors (Lipinski definition) is 8. The van der Waals surface area contributed by atoms with Gasteiger partial charge in [-0.05, 0) is 42.8 Å². The standard InChI is InChI=1S/C20H24N4O4S2/c1-27-16-6-8-17(9-7-16)28-15-3-10-23-11-13-24(14-12-23)30(25,26)19-5-2-4-18-20(19)22-29-21-18/h2,4-9H,3,10-15H2,1H3. The Morgan fingerprint density at radius 2 is 1.73 bits per heavy atom. The SMILES string of the molecule is COc1ccc(OCCCN2CCN(S(=O)(=O)c3cccc4nsnc34)CC2)cc1. The van der Waals surface area contributed by atoms with Crippen molar-refractivity contribution >= 4 is 32.8 Å². The summed E-state index contributed by atoms with van der Waals surface area (Å²) < 4.78 is 46.9. The largest absolute Gasteiger partial charge is 0.497 e. The van der Waals surface area contributed by atoms with Crippen molar-refractivity contribution in [1.82, 2.24) is 18.0 Å². The van der Waals surface area contributed by atoms with Crippen LogP contribution in [-0.4, -0.2) is 72.8 Å². The van der Waals surface area contributed by atoms with Gasteiger partial charge in [-0.15, -0.1) is 0 Å². The van der Waals surface area contributed by atoms with E-state index in [1.165, 1.54) is 0 Å². The third kappa shape index (κ3) is 4.56. The minimum Gasteiger partial charge on any atom is -0.497 e. The molecule has 1 aliphatic rings. The van der Waals surface area contributed by atoms with Gasteiger partial charge in [-0.1, -0.05) is 6.07 Å². The van der Waals surface area contributed by atoms with E-state index in [0.29, 0.717) is 43.8 Å². The van der Waals surface area contributed by atoms with Gasteiger partial charge in [-0.3, -0.25) is 0 Å². The summed E-state index contributed by atoms with van der Waals surface area (Å²) in [5, 5.41) is 0. The van der Waals surface area contributed by atoms with Crippen molar-refractivity contribution in [3.8, 4) is 11.5 Å². The predicted octanol–water partition coefficient (Wildman–Crippen LogP) is 2.48. The molecule has 0 radical (unpaired) electrons. The summed E-state index contributed by atoms with van der Waals surface area (Å²) in [5.41, 5.74) is 1.08. The second kappa shape index (κ2) is 9.25. The maximum Gasteiger partial charge on any atom is 0.245 e. The van der Waals surface area contributed by atoms with E-state index in [2.05, 4.69) is 13.6 Å². The first kappa shape index (κ1) is 21.0. The van der Waals surface area contributed by atoms with Crippen molar-refractivity contribution in [3.63, 3.8) is 0 Å². The number of fused-ring (bicyclic) bond motifs is 1. The molecule has 1 saturated heterocycles. The summed E-state index contributed by atoms with van der Waals surface area (Å²) in [6, 6.07) is 12.6. The van der Waals surface area contributed by atoms with Crippen LogP contribution < -0.4 is 9.47 Å². The molecular weight excluding hydrogens is 424 g/mol. The zero-order chi connectivity index (χ0) is 21.0. The van der Waals surface area contributed by atoms with Gasteiger partial charge in [0.25, 0.3) is 0 Å². The molecule has 0 bridgehead atoms. The minimum absolute atomic E-state index is 0.245. The van der Waals surface area contributed by atoms with Crippen LogP contribution in [0.25, 0.3) is 11.0 Å². The Hall–Kier alpha value is -2.27. The van der Waals surface area contributed by atoms with Gasteiger partial charge in [0.2, 0.25) is 10.0 Å². The van der Waals surface area contributed by atoms with Crippen molar-refractivity contribution in [2.45, 2.75) is 11.3 Å². The van der Waals surface area contributed by atoms with Gasteiger partial charge >= 0.3 is 0 Å². The molecule has 1 fully saturated rings. The van der Waals surface area contributed by atoms with Gasteiger partial charge in [0.05, 0.1) is 25.4 Å². The van der Waals surface area contributed by atoms with E-state index >= 15 is 0 Å². The van der Waals surface area contributed by atoms with Crippen LogP contribution >= 0.6 is 11.7 Å². The summed E-state index contributed by atoms with van der Waals surface area (Å²) in [5.74, 6) is 1.62. The lowest BCUT2D eigenvalue weighted by Gasteiger charge is -2.33. The molecule has 0 saturated carbocycles. The minimum atomic E-state index is -3.57. The van der Waals surface area contributed by atoms with Crippen molar-refractivity contribution < 1.29 is 17.9 Å². The number of benzene rings is 2. The van der Waals surface area contributed by atoms with Gasteiger partial charge in [-0.25, -0.2) is 8.42 Å². The van der Waals surface area contributed by atoms with E-state index in [1.807, 2.05) is 24.3 Å². The van der Waals surface area contributed by atoms with Gasteiger partial charge < -0.3 is 14.4 Å². The van der Waals surface area contributed by atoms with Crippen LogP contribution in [0.4, 0.5) is 0 Å². The molecule has 10 heteroatoms. The number of ether oxygens (including phenoxy) is 2. The van der Waals surface area contributed by atoms with Crippen LogP contribution in [0.1, 0.15) is 6.42 Å². The summed E-state index contributed by atoms with van der Waals surface area (Å²) in [4.78, 5) is 2.52. The monoisotopic (exact) mass is 448 g/mol. The molecule has 0 unspecified atom stereocenters. The molecule has 8 nitrogen and oxygen atoms in total. The molecule has 0 amide bonds. The number of methoxy groups -OCH3 is 1. The molecule has 0 aliphatic carbocycles. The van der Waals surface area contributed by atoms with E-state index in [1.54, 1.807) is 29.6 Å². The first-order chi connectivity index (χ1) is 14.6. The Labute approximate surface area is 180 Å². The highest BCUT2D eigenvalue weighted by Crippen LogP contribution is 2.25. The fraction of sp³-hybridized carbons (Fsp3) is 0.400. The zero-order valence-electron chi connectivity index (χ0n) is 16.7. The quantitative estimate of drug-likeness (QED) is 0.490. The van der Waals surface area contributed by atoms with Gasteiger partial charge in [-0.2, -0.15) is 13.1 Å². The van der Waals surface area contributed by atoms with Crippen LogP contribution in [0.5, 0.6) is 11.5 Å². The molecule has 160 valence electrons. The van der Waals surface area contributed by atoms with Gasteiger partial charge in [0.15, 0.2) is 0 Å². The first-order valence-electron chi connectivity index (χ1n) is 9.78. The summed E-state index contributed by atoms with van der Waals surface area (Å²) in [7, 11) is -1.94. The van der Waals surface area contributed by atoms with Crippen LogP contribution in [0.3, 0.4) is 0 Å². The van der Waals surface area contributed by atoms with Crippen molar-refractivity contribution in [2.75, 3.05) is 46.4 Å². The lowest BCUT2D eigenvalue weighted by atomic mass is 10.3. The van der Waals surface area contributed by atoms with E-state index in [-0.39, 0.29) is 4.90 Å². The maximum absolute atomic E-state index is 13.1. The van der Waals surface area contributed by atoms with E-state index in [4.69, 9.17) is 9.47 Å². The fourth-order valence-corrected chi connectivity index (χ4v) is 5.65. The molecule has 2 heterocycles. The molecule has 3 aromatic rings. The highest BCUT2D eigenvalue weighted by atomic mass is 32.2. The molecule has 4 rings (SSSR count). The Morgan fingerprint density at radius 1 is 1.00 bits per heavy atom. The van der Waals surface area contributed by atoms with Crippen LogP contribution in [0, 0.1) is 0 Å². The van der Waals surface area contributed by atoms with E-state index in [0.717, 1.165) is 36.2 Å². The van der Waals surface area contributed by atoms with Gasteiger partial charge in [0, 0.05) is 32.7 Å². The molecule has 0 atom stereocenters. The predicted molar refractivity (Wildman–Crippen MR) is 116 cm³/mol. The summed E-state index contributed by atoms with van der Waals surface area (Å²) >= 11 is 1.03. The van der Waals surface area contributed by atoms with Crippen molar-refractivity contribution in [1.29, 1.82) is 0 Å². The molecule has 1 aliphatic heterocycles. The topological polar surface area (TPSA) is 84.9 Å². The van der Waals surface area contributed by atoms with Gasteiger partial charge in [0.1, 0.15) is 27.4 Å². The Balaban J connectivity index is 1.26. The highest BCUT2D eigenvalue weighted by molar-refractivity contribution is 7.89. The van der Waals surface area contributed by atoms with E-state index in [9.17, 15) is 8.42 Å². The summed E-state index contributed by atoms with van der Waals surface area (Å²) in [6.45, 7) is 3.82. The summed E-state index contributed by atoms with van der Waals surface area (Å²) in [6.07, 6.45) is 0.878. The van der Waals surface area contributed by atoms with Crippen molar-refractivity contribution in [3.05, 3.63) is 42.5 Å². The number of sulfonamides is 1.